The van der Waals surface area contributed by atoms with E-state index < -0.39 is 21.3 Å². The van der Waals surface area contributed by atoms with Gasteiger partial charge in [-0.25, -0.2) is 0 Å². The molecule has 2 aliphatic rings. The molecule has 0 saturated heterocycles. The fraction of sp³-hybridized carbons (Fsp3) is 0.212. The van der Waals surface area contributed by atoms with Gasteiger partial charge in [0.1, 0.15) is 0 Å². The molecule has 56 heavy (non-hydrogen) atoms. The molecule has 0 amide bonds. The normalized spacial score (nSPS) is 14.4. The van der Waals surface area contributed by atoms with Crippen molar-refractivity contribution < 1.29 is 21.3 Å². The SMILES string of the molecule is CC(C)(C)c1cc2c(cc1-c1ccc(Cl)cc1)[CH]([Zr]([C]1=CC=CC1)=[C](Cc1ccccc1)c1ccc(Cl)cc1)c1cc(-c3ccc(Cl)cc3)c(C(C)(C)C)cc1-2. The van der Waals surface area contributed by atoms with Crippen LogP contribution in [0.3, 0.4) is 0 Å². The van der Waals surface area contributed by atoms with Gasteiger partial charge in [-0.1, -0.05) is 0 Å². The summed E-state index contributed by atoms with van der Waals surface area (Å²) in [6.45, 7) is 14.0. The number of hydrogen-bond donors (Lipinski definition) is 0. The van der Waals surface area contributed by atoms with Gasteiger partial charge in [0.2, 0.25) is 0 Å². The van der Waals surface area contributed by atoms with E-state index in [1.54, 1.807) is 6.49 Å². The molecule has 6 aromatic carbocycles. The van der Waals surface area contributed by atoms with E-state index in [4.69, 9.17) is 34.8 Å². The number of hydrogen-bond acceptors (Lipinski definition) is 0. The van der Waals surface area contributed by atoms with E-state index in [1.165, 1.54) is 66.8 Å². The topological polar surface area (TPSA) is 0 Å². The zero-order chi connectivity index (χ0) is 39.4. The molecule has 0 atom stereocenters. The Hall–Kier alpha value is -3.58. The fourth-order valence-corrected chi connectivity index (χ4v) is 18.1. The van der Waals surface area contributed by atoms with Crippen molar-refractivity contribution in [3.8, 4) is 33.4 Å². The third-order valence-electron chi connectivity index (χ3n) is 11.4. The van der Waals surface area contributed by atoms with E-state index in [9.17, 15) is 0 Å². The second kappa shape index (κ2) is 15.6. The summed E-state index contributed by atoms with van der Waals surface area (Å²) in [5, 5.41) is 2.27. The summed E-state index contributed by atoms with van der Waals surface area (Å²) < 4.78 is 3.45. The number of halogens is 3. The predicted octanol–water partition coefficient (Wildman–Crippen LogP) is 15.6. The summed E-state index contributed by atoms with van der Waals surface area (Å²) in [6.07, 6.45) is 9.01. The molecular weight excluding hydrogens is 822 g/mol. The molecule has 0 aromatic heterocycles. The van der Waals surface area contributed by atoms with E-state index in [-0.39, 0.29) is 14.5 Å². The van der Waals surface area contributed by atoms with Gasteiger partial charge in [-0.3, -0.25) is 0 Å². The summed E-state index contributed by atoms with van der Waals surface area (Å²) in [5.41, 5.74) is 15.8. The van der Waals surface area contributed by atoms with E-state index in [0.717, 1.165) is 27.9 Å². The van der Waals surface area contributed by atoms with Gasteiger partial charge in [-0.2, -0.15) is 0 Å². The van der Waals surface area contributed by atoms with Crippen LogP contribution in [0.2, 0.25) is 15.1 Å². The van der Waals surface area contributed by atoms with Gasteiger partial charge < -0.3 is 0 Å². The van der Waals surface area contributed by atoms with Crippen molar-refractivity contribution in [2.45, 2.75) is 68.8 Å². The molecule has 0 radical (unpaired) electrons. The summed E-state index contributed by atoms with van der Waals surface area (Å²) in [7, 11) is 0. The maximum absolute atomic E-state index is 6.59. The molecule has 0 heterocycles. The van der Waals surface area contributed by atoms with Crippen molar-refractivity contribution in [1.82, 2.24) is 0 Å². The average Bonchev–Trinajstić information content (AvgIpc) is 3.81. The molecule has 0 nitrogen and oxygen atoms in total. The Morgan fingerprint density at radius 1 is 0.571 bits per heavy atom. The molecule has 0 fully saturated rings. The van der Waals surface area contributed by atoms with E-state index in [0.29, 0.717) is 0 Å². The molecule has 6 aromatic rings. The number of allylic oxidation sites excluding steroid dienone is 4. The summed E-state index contributed by atoms with van der Waals surface area (Å²) >= 11 is 16.6. The molecule has 0 spiro atoms. The predicted molar refractivity (Wildman–Crippen MR) is 240 cm³/mol. The zero-order valence-electron chi connectivity index (χ0n) is 33.0. The second-order valence-electron chi connectivity index (χ2n) is 17.3. The van der Waals surface area contributed by atoms with Gasteiger partial charge in [0, 0.05) is 0 Å². The van der Waals surface area contributed by atoms with Crippen LogP contribution in [0.4, 0.5) is 0 Å². The Kier molecular flexibility index (Phi) is 11.0. The average molecular weight is 870 g/mol. The van der Waals surface area contributed by atoms with Crippen LogP contribution < -0.4 is 0 Å². The first-order valence-corrected chi connectivity index (χ1v) is 24.6. The van der Waals surface area contributed by atoms with Crippen molar-refractivity contribution in [2.75, 3.05) is 0 Å². The molecule has 4 heteroatoms. The van der Waals surface area contributed by atoms with Crippen LogP contribution in [0.25, 0.3) is 33.4 Å². The maximum atomic E-state index is 6.59. The van der Waals surface area contributed by atoms with Crippen LogP contribution in [-0.2, 0) is 38.5 Å². The first kappa shape index (κ1) is 39.3. The van der Waals surface area contributed by atoms with Crippen molar-refractivity contribution in [3.63, 3.8) is 0 Å². The van der Waals surface area contributed by atoms with Crippen LogP contribution in [0, 0.1) is 0 Å². The molecule has 0 unspecified atom stereocenters. The Labute approximate surface area is 356 Å². The third kappa shape index (κ3) is 7.83. The zero-order valence-corrected chi connectivity index (χ0v) is 37.7. The van der Waals surface area contributed by atoms with Crippen LogP contribution >= 0.6 is 34.8 Å². The molecule has 0 saturated carbocycles. The number of benzene rings is 6. The van der Waals surface area contributed by atoms with Gasteiger partial charge in [0.15, 0.2) is 0 Å². The fourth-order valence-electron chi connectivity index (χ4n) is 8.64. The molecule has 0 bridgehead atoms. The standard InChI is InChI=1S/C33H31Cl2.C14H11Cl.C5H5.Zr/c1-32(2,3)30-18-26-22(16-28(30)20-7-11-24(34)12-8-20)15-23-17-29(21-9-13-25(35)14-10-21)31(19-27(23)26)33(4,5)6;15-14-10-8-13(9-11-14)7-6-12-4-2-1-3-5-12;1-2-4-5-3-1;/h7-19H,1-6H3;1-5,8-11H,6H2;1-3H,4H2;. The van der Waals surface area contributed by atoms with Crippen LogP contribution in [0.1, 0.15) is 85.0 Å². The van der Waals surface area contributed by atoms with Crippen LogP contribution in [0.15, 0.2) is 149 Å². The Balaban J connectivity index is 1.52. The molecule has 280 valence electrons. The first-order chi connectivity index (χ1) is 26.8. The number of fused-ring (bicyclic) bond motifs is 3. The van der Waals surface area contributed by atoms with Crippen molar-refractivity contribution in [1.29, 1.82) is 0 Å². The van der Waals surface area contributed by atoms with E-state index >= 15 is 0 Å². The molecule has 0 N–H and O–H groups in total. The Morgan fingerprint density at radius 3 is 1.46 bits per heavy atom. The minimum atomic E-state index is -2.96. The van der Waals surface area contributed by atoms with Crippen molar-refractivity contribution in [2.24, 2.45) is 0 Å². The van der Waals surface area contributed by atoms with E-state index in [2.05, 4.69) is 163 Å². The quantitative estimate of drug-likeness (QED) is 0.150. The summed E-state index contributed by atoms with van der Waals surface area (Å²) in [6, 6.07) is 46.9. The van der Waals surface area contributed by atoms with Gasteiger partial charge in [-0.05, 0) is 0 Å². The van der Waals surface area contributed by atoms with Gasteiger partial charge in [-0.15, -0.1) is 0 Å². The van der Waals surface area contributed by atoms with E-state index in [1.807, 2.05) is 24.3 Å². The molecular formula is C52H47Cl3Zr. The van der Waals surface area contributed by atoms with Gasteiger partial charge in [0.05, 0.1) is 0 Å². The Morgan fingerprint density at radius 2 is 1.04 bits per heavy atom. The minimum absolute atomic E-state index is 0.0915. The van der Waals surface area contributed by atoms with Crippen molar-refractivity contribution in [3.05, 3.63) is 197 Å². The van der Waals surface area contributed by atoms with Crippen LogP contribution in [-0.4, -0.2) is 3.21 Å². The second-order valence-corrected chi connectivity index (χ2v) is 25.1. The summed E-state index contributed by atoms with van der Waals surface area (Å²) in [4.78, 5) is 0. The third-order valence-corrected chi connectivity index (χ3v) is 20.4. The summed E-state index contributed by atoms with van der Waals surface area (Å²) in [5.74, 6) is 0. The Bertz CT molecular complexity index is 2410. The molecule has 8 rings (SSSR count). The van der Waals surface area contributed by atoms with Gasteiger partial charge in [0.25, 0.3) is 0 Å². The first-order valence-electron chi connectivity index (χ1n) is 19.5. The number of rotatable bonds is 7. The monoisotopic (exact) mass is 866 g/mol. The molecule has 0 aliphatic heterocycles. The van der Waals surface area contributed by atoms with Crippen molar-refractivity contribution >= 4 is 38.0 Å². The molecule has 2 aliphatic carbocycles. The van der Waals surface area contributed by atoms with Gasteiger partial charge >= 0.3 is 359 Å². The van der Waals surface area contributed by atoms with Crippen LogP contribution in [0.5, 0.6) is 0 Å².